The van der Waals surface area contributed by atoms with Gasteiger partial charge in [0, 0.05) is 23.9 Å². The number of rotatable bonds is 5. The third kappa shape index (κ3) is 4.02. The predicted octanol–water partition coefficient (Wildman–Crippen LogP) is 6.19. The molecule has 3 aromatic carbocycles. The van der Waals surface area contributed by atoms with Crippen LogP contribution in [-0.2, 0) is 10.6 Å². The van der Waals surface area contributed by atoms with E-state index in [2.05, 4.69) is 21.1 Å². The van der Waals surface area contributed by atoms with Crippen LogP contribution in [0, 0.1) is 18.6 Å². The van der Waals surface area contributed by atoms with E-state index in [4.69, 9.17) is 9.57 Å². The molecule has 1 fully saturated rings. The molecule has 0 unspecified atom stereocenters. The highest BCUT2D eigenvalue weighted by molar-refractivity contribution is 6.03. The third-order valence-corrected chi connectivity index (χ3v) is 7.02. The van der Waals surface area contributed by atoms with Gasteiger partial charge in [-0.25, -0.2) is 13.8 Å². The number of oxime groups is 1. The van der Waals surface area contributed by atoms with Gasteiger partial charge >= 0.3 is 0 Å². The average Bonchev–Trinajstić information content (AvgIpc) is 3.54. The number of imidazole rings is 1. The van der Waals surface area contributed by atoms with Crippen molar-refractivity contribution in [2.75, 3.05) is 13.7 Å². The molecule has 4 aromatic rings. The first-order valence-corrected chi connectivity index (χ1v) is 12.4. The van der Waals surface area contributed by atoms with Crippen LogP contribution >= 0.6 is 0 Å². The van der Waals surface area contributed by atoms with Gasteiger partial charge in [-0.3, -0.25) is 0 Å². The molecule has 6 rings (SSSR count). The van der Waals surface area contributed by atoms with Gasteiger partial charge in [-0.2, -0.15) is 0 Å². The van der Waals surface area contributed by atoms with Crippen LogP contribution in [-0.4, -0.2) is 33.9 Å². The Labute approximate surface area is 219 Å². The van der Waals surface area contributed by atoms with Crippen molar-refractivity contribution in [1.29, 1.82) is 0 Å². The minimum absolute atomic E-state index is 0.343. The van der Waals surface area contributed by atoms with Crippen LogP contribution < -0.4 is 4.74 Å². The van der Waals surface area contributed by atoms with Crippen LogP contribution in [0.15, 0.2) is 90.0 Å². The van der Waals surface area contributed by atoms with E-state index in [1.165, 1.54) is 24.3 Å². The third-order valence-electron chi connectivity index (χ3n) is 7.02. The molecule has 3 heterocycles. The summed E-state index contributed by atoms with van der Waals surface area (Å²) >= 11 is 0. The van der Waals surface area contributed by atoms with Gasteiger partial charge in [0.2, 0.25) is 0 Å². The van der Waals surface area contributed by atoms with Crippen molar-refractivity contribution in [3.63, 3.8) is 0 Å². The van der Waals surface area contributed by atoms with Crippen molar-refractivity contribution in [3.05, 3.63) is 119 Å². The summed E-state index contributed by atoms with van der Waals surface area (Å²) in [6, 6.07) is 18.4. The molecule has 192 valence electrons. The fraction of sp³-hybridized carbons (Fsp3) is 0.200. The molecular formula is C30H26F2N4O2. The van der Waals surface area contributed by atoms with Gasteiger partial charge in [0.05, 0.1) is 24.8 Å². The molecule has 2 aliphatic rings. The fourth-order valence-corrected chi connectivity index (χ4v) is 5.22. The van der Waals surface area contributed by atoms with Gasteiger partial charge in [-0.1, -0.05) is 11.2 Å². The number of nitrogens with zero attached hydrogens (tertiary/aromatic N) is 4. The number of ether oxygens (including phenoxy) is 1. The highest BCUT2D eigenvalue weighted by Crippen LogP contribution is 2.45. The number of fused-ring (bicyclic) bond motifs is 1. The van der Waals surface area contributed by atoms with Crippen molar-refractivity contribution >= 4 is 11.9 Å². The summed E-state index contributed by atoms with van der Waals surface area (Å²) in [6.07, 6.45) is 7.48. The lowest BCUT2D eigenvalue weighted by molar-refractivity contribution is -0.0722. The van der Waals surface area contributed by atoms with Gasteiger partial charge < -0.3 is 19.0 Å². The summed E-state index contributed by atoms with van der Waals surface area (Å²) in [5.74, 6) is 0.744. The Bertz CT molecular complexity index is 1500. The minimum atomic E-state index is -1.13. The maximum Gasteiger partial charge on any atom is 0.263 e. The highest BCUT2D eigenvalue weighted by atomic mass is 19.1. The van der Waals surface area contributed by atoms with E-state index in [1.807, 2.05) is 35.9 Å². The summed E-state index contributed by atoms with van der Waals surface area (Å²) in [6.45, 7) is 2.62. The number of amidine groups is 1. The monoisotopic (exact) mass is 512 g/mol. The Hall–Kier alpha value is -4.46. The highest BCUT2D eigenvalue weighted by Gasteiger charge is 2.51. The lowest BCUT2D eigenvalue weighted by Crippen LogP contribution is -2.49. The summed E-state index contributed by atoms with van der Waals surface area (Å²) in [5.41, 5.74) is 4.09. The number of hydrogen-bond acceptors (Lipinski definition) is 5. The first-order valence-electron chi connectivity index (χ1n) is 12.4. The maximum atomic E-state index is 13.8. The quantitative estimate of drug-likeness (QED) is 0.320. The normalized spacial score (nSPS) is 17.2. The first kappa shape index (κ1) is 23.9. The van der Waals surface area contributed by atoms with E-state index in [1.54, 1.807) is 37.7 Å². The zero-order valence-electron chi connectivity index (χ0n) is 21.1. The Morgan fingerprint density at radius 2 is 1.66 bits per heavy atom. The number of methoxy groups -OCH3 is 1. The zero-order valence-corrected chi connectivity index (χ0v) is 21.1. The van der Waals surface area contributed by atoms with Crippen molar-refractivity contribution in [3.8, 4) is 11.4 Å². The van der Waals surface area contributed by atoms with E-state index >= 15 is 0 Å². The lowest BCUT2D eigenvalue weighted by Gasteiger charge is -2.40. The van der Waals surface area contributed by atoms with Crippen LogP contribution in [0.1, 0.15) is 35.2 Å². The van der Waals surface area contributed by atoms with E-state index in [0.29, 0.717) is 23.5 Å². The maximum absolute atomic E-state index is 13.8. The first-order chi connectivity index (χ1) is 18.5. The molecule has 0 aliphatic carbocycles. The molecule has 6 nitrogen and oxygen atoms in total. The summed E-state index contributed by atoms with van der Waals surface area (Å²) in [7, 11) is 1.65. The molecule has 0 spiro atoms. The predicted molar refractivity (Wildman–Crippen MR) is 141 cm³/mol. The Morgan fingerprint density at radius 1 is 0.974 bits per heavy atom. The van der Waals surface area contributed by atoms with Crippen LogP contribution in [0.25, 0.3) is 11.8 Å². The van der Waals surface area contributed by atoms with Gasteiger partial charge in [0.15, 0.2) is 5.84 Å². The second-order valence-electron chi connectivity index (χ2n) is 9.44. The summed E-state index contributed by atoms with van der Waals surface area (Å²) in [5, 5.41) is 4.54. The largest absolute Gasteiger partial charge is 0.495 e. The van der Waals surface area contributed by atoms with Gasteiger partial charge in [0.1, 0.15) is 17.4 Å². The molecule has 0 atom stereocenters. The number of aromatic nitrogens is 2. The summed E-state index contributed by atoms with van der Waals surface area (Å²) in [4.78, 5) is 12.6. The van der Waals surface area contributed by atoms with E-state index < -0.39 is 5.72 Å². The van der Waals surface area contributed by atoms with E-state index in [0.717, 1.165) is 41.1 Å². The van der Waals surface area contributed by atoms with Crippen LogP contribution in [0.5, 0.6) is 5.75 Å². The number of hydrogen-bond donors (Lipinski definition) is 0. The average molecular weight is 513 g/mol. The van der Waals surface area contributed by atoms with Crippen LogP contribution in [0.2, 0.25) is 0 Å². The smallest absolute Gasteiger partial charge is 0.263 e. The van der Waals surface area contributed by atoms with Crippen LogP contribution in [0.3, 0.4) is 0 Å². The standard InChI is InChI=1S/C30H26F2N4O2/c1-20-18-35(19-33-20)27-14-5-21(17-28(27)37-2)16-22-4-3-15-36-29(22)34-38-30(36,23-6-10-25(31)11-7-23)24-8-12-26(32)13-9-24/h5-14,16-19H,3-4,15H2,1-2H3/b22-16+. The van der Waals surface area contributed by atoms with Crippen molar-refractivity contribution < 1.29 is 18.4 Å². The van der Waals surface area contributed by atoms with Crippen LogP contribution in [0.4, 0.5) is 8.78 Å². The Balaban J connectivity index is 1.39. The lowest BCUT2D eigenvalue weighted by atomic mass is 9.89. The second kappa shape index (κ2) is 9.45. The van der Waals surface area contributed by atoms with E-state index in [-0.39, 0.29) is 11.6 Å². The molecule has 1 aromatic heterocycles. The number of piperidine rings is 1. The number of aryl methyl sites for hydroxylation is 1. The molecule has 2 aliphatic heterocycles. The number of halogens is 2. The van der Waals surface area contributed by atoms with Gasteiger partial charge in [0.25, 0.3) is 5.72 Å². The fourth-order valence-electron chi connectivity index (χ4n) is 5.22. The Kier molecular flexibility index (Phi) is 5.94. The molecular weight excluding hydrogens is 486 g/mol. The minimum Gasteiger partial charge on any atom is -0.495 e. The SMILES string of the molecule is COc1cc(/C=C2\CCCN3C2=NOC3(c2ccc(F)cc2)c2ccc(F)cc2)ccc1-n1cnc(C)c1. The molecule has 0 amide bonds. The molecule has 0 N–H and O–H groups in total. The topological polar surface area (TPSA) is 51.9 Å². The summed E-state index contributed by atoms with van der Waals surface area (Å²) < 4.78 is 35.3. The van der Waals surface area contributed by atoms with Crippen molar-refractivity contribution in [1.82, 2.24) is 14.5 Å². The molecule has 8 heteroatoms. The second-order valence-corrected chi connectivity index (χ2v) is 9.44. The van der Waals surface area contributed by atoms with Crippen molar-refractivity contribution in [2.24, 2.45) is 5.16 Å². The van der Waals surface area contributed by atoms with Gasteiger partial charge in [-0.05, 0) is 97.6 Å². The molecule has 1 saturated heterocycles. The van der Waals surface area contributed by atoms with Crippen molar-refractivity contribution in [2.45, 2.75) is 25.5 Å². The number of benzene rings is 3. The molecule has 0 bridgehead atoms. The molecule has 0 radical (unpaired) electrons. The van der Waals surface area contributed by atoms with E-state index in [9.17, 15) is 8.78 Å². The molecule has 38 heavy (non-hydrogen) atoms. The Morgan fingerprint density at radius 3 is 2.26 bits per heavy atom. The zero-order chi connectivity index (χ0) is 26.3. The molecule has 0 saturated carbocycles. The van der Waals surface area contributed by atoms with Gasteiger partial charge in [-0.15, -0.1) is 0 Å².